The zero-order valence-electron chi connectivity index (χ0n) is 15.3. The van der Waals surface area contributed by atoms with Gasteiger partial charge in [0, 0.05) is 7.05 Å². The van der Waals surface area contributed by atoms with Crippen molar-refractivity contribution in [3.8, 4) is 5.75 Å². The standard InChI is InChI=1S/C17H22N2O5S2/c1-12-10-16(24-4)17(11-13(12)2)26(22,23)18-14-8-6-7-9-15(14)19(3)25(5,20)21/h6-11,18H,1-5H3. The summed E-state index contributed by atoms with van der Waals surface area (Å²) in [4.78, 5) is -0.0140. The Hall–Kier alpha value is -2.26. The molecule has 26 heavy (non-hydrogen) atoms. The second kappa shape index (κ2) is 7.16. The van der Waals surface area contributed by atoms with E-state index in [-0.39, 0.29) is 22.0 Å². The molecule has 142 valence electrons. The van der Waals surface area contributed by atoms with E-state index in [4.69, 9.17) is 4.74 Å². The Balaban J connectivity index is 2.55. The molecule has 0 aliphatic carbocycles. The number of nitrogens with one attached hydrogen (secondary N) is 1. The lowest BCUT2D eigenvalue weighted by atomic mass is 10.1. The molecule has 1 N–H and O–H groups in total. The first-order chi connectivity index (χ1) is 12.0. The van der Waals surface area contributed by atoms with Crippen LogP contribution in [0.3, 0.4) is 0 Å². The fraction of sp³-hybridized carbons (Fsp3) is 0.294. The molecule has 0 heterocycles. The summed E-state index contributed by atoms with van der Waals surface area (Å²) in [5, 5.41) is 0. The lowest BCUT2D eigenvalue weighted by molar-refractivity contribution is 0.402. The number of para-hydroxylation sites is 2. The lowest BCUT2D eigenvalue weighted by Gasteiger charge is -2.21. The van der Waals surface area contributed by atoms with Crippen LogP contribution in [0.1, 0.15) is 11.1 Å². The minimum Gasteiger partial charge on any atom is -0.495 e. The van der Waals surface area contributed by atoms with Crippen LogP contribution < -0.4 is 13.8 Å². The van der Waals surface area contributed by atoms with Gasteiger partial charge in [-0.05, 0) is 49.2 Å². The van der Waals surface area contributed by atoms with Crippen molar-refractivity contribution in [1.82, 2.24) is 0 Å². The van der Waals surface area contributed by atoms with E-state index in [0.717, 1.165) is 21.7 Å². The van der Waals surface area contributed by atoms with E-state index in [9.17, 15) is 16.8 Å². The number of ether oxygens (including phenoxy) is 1. The molecule has 0 atom stereocenters. The smallest absolute Gasteiger partial charge is 0.265 e. The van der Waals surface area contributed by atoms with Crippen molar-refractivity contribution in [3.05, 3.63) is 47.5 Å². The van der Waals surface area contributed by atoms with Crippen LogP contribution in [0.25, 0.3) is 0 Å². The summed E-state index contributed by atoms with van der Waals surface area (Å²) in [5.41, 5.74) is 2.08. The number of aryl methyl sites for hydroxylation is 2. The van der Waals surface area contributed by atoms with Crippen molar-refractivity contribution in [2.75, 3.05) is 29.4 Å². The Morgan fingerprint density at radius 3 is 2.15 bits per heavy atom. The van der Waals surface area contributed by atoms with Gasteiger partial charge in [-0.15, -0.1) is 0 Å². The summed E-state index contributed by atoms with van der Waals surface area (Å²) >= 11 is 0. The molecule has 0 saturated heterocycles. The summed E-state index contributed by atoms with van der Waals surface area (Å²) < 4.78 is 58.2. The van der Waals surface area contributed by atoms with E-state index in [0.29, 0.717) is 0 Å². The molecule has 7 nitrogen and oxygen atoms in total. The number of nitrogens with zero attached hydrogens (tertiary/aromatic N) is 1. The number of hydrogen-bond acceptors (Lipinski definition) is 5. The highest BCUT2D eigenvalue weighted by atomic mass is 32.2. The Bertz CT molecular complexity index is 1030. The summed E-state index contributed by atoms with van der Waals surface area (Å²) in [5.74, 6) is 0.217. The van der Waals surface area contributed by atoms with E-state index in [1.165, 1.54) is 32.4 Å². The molecule has 2 aromatic rings. The quantitative estimate of drug-likeness (QED) is 0.807. The molecular formula is C17H22N2O5S2. The molecule has 9 heteroatoms. The van der Waals surface area contributed by atoms with Gasteiger partial charge in [0.25, 0.3) is 10.0 Å². The lowest BCUT2D eigenvalue weighted by Crippen LogP contribution is -2.26. The molecular weight excluding hydrogens is 376 g/mol. The maximum Gasteiger partial charge on any atom is 0.265 e. The van der Waals surface area contributed by atoms with Crippen LogP contribution in [0.15, 0.2) is 41.3 Å². The molecule has 0 fully saturated rings. The summed E-state index contributed by atoms with van der Waals surface area (Å²) in [6.45, 7) is 3.66. The van der Waals surface area contributed by atoms with Crippen molar-refractivity contribution in [1.29, 1.82) is 0 Å². The van der Waals surface area contributed by atoms with Gasteiger partial charge in [-0.1, -0.05) is 12.1 Å². The summed E-state index contributed by atoms with van der Waals surface area (Å²) in [7, 11) is -4.79. The van der Waals surface area contributed by atoms with Crippen molar-refractivity contribution >= 4 is 31.4 Å². The first kappa shape index (κ1) is 20.1. The first-order valence-corrected chi connectivity index (χ1v) is 11.0. The van der Waals surface area contributed by atoms with Gasteiger partial charge in [0.15, 0.2) is 0 Å². The molecule has 0 bridgehead atoms. The van der Waals surface area contributed by atoms with Gasteiger partial charge in [-0.2, -0.15) is 0 Å². The second-order valence-corrected chi connectivity index (χ2v) is 9.61. The molecule has 0 aliphatic heterocycles. The fourth-order valence-electron chi connectivity index (χ4n) is 2.35. The molecule has 0 amide bonds. The molecule has 0 aromatic heterocycles. The van der Waals surface area contributed by atoms with E-state index < -0.39 is 20.0 Å². The van der Waals surface area contributed by atoms with Crippen LogP contribution in [0, 0.1) is 13.8 Å². The Labute approximate surface area is 154 Å². The zero-order chi connectivity index (χ0) is 19.7. The molecule has 2 rings (SSSR count). The van der Waals surface area contributed by atoms with Gasteiger partial charge >= 0.3 is 0 Å². The average molecular weight is 399 g/mol. The van der Waals surface area contributed by atoms with Gasteiger partial charge < -0.3 is 4.74 Å². The fourth-order valence-corrected chi connectivity index (χ4v) is 4.17. The van der Waals surface area contributed by atoms with Gasteiger partial charge in [-0.3, -0.25) is 9.03 Å². The van der Waals surface area contributed by atoms with Crippen LogP contribution in [0.2, 0.25) is 0 Å². The molecule has 0 radical (unpaired) electrons. The predicted octanol–water partition coefficient (Wildman–Crippen LogP) is 2.51. The highest BCUT2D eigenvalue weighted by Gasteiger charge is 2.24. The Kier molecular flexibility index (Phi) is 5.52. The van der Waals surface area contributed by atoms with Crippen molar-refractivity contribution in [3.63, 3.8) is 0 Å². The second-order valence-electron chi connectivity index (χ2n) is 5.94. The minimum atomic E-state index is -3.99. The maximum atomic E-state index is 12.9. The third-order valence-corrected chi connectivity index (χ3v) is 6.63. The van der Waals surface area contributed by atoms with Gasteiger partial charge in [0.1, 0.15) is 10.6 Å². The first-order valence-electron chi connectivity index (χ1n) is 7.68. The SMILES string of the molecule is COc1cc(C)c(C)cc1S(=O)(=O)Nc1ccccc1N(C)S(C)(=O)=O. The molecule has 0 saturated carbocycles. The van der Waals surface area contributed by atoms with Gasteiger partial charge in [-0.25, -0.2) is 16.8 Å². The Morgan fingerprint density at radius 1 is 1.00 bits per heavy atom. The van der Waals surface area contributed by atoms with E-state index >= 15 is 0 Å². The average Bonchev–Trinajstić information content (AvgIpc) is 2.55. The monoisotopic (exact) mass is 398 g/mol. The van der Waals surface area contributed by atoms with Crippen LogP contribution >= 0.6 is 0 Å². The van der Waals surface area contributed by atoms with E-state index in [1.807, 2.05) is 6.92 Å². The maximum absolute atomic E-state index is 12.9. The molecule has 0 spiro atoms. The van der Waals surface area contributed by atoms with Gasteiger partial charge in [0.05, 0.1) is 24.7 Å². The van der Waals surface area contributed by atoms with Crippen molar-refractivity contribution < 1.29 is 21.6 Å². The molecule has 0 unspecified atom stereocenters. The zero-order valence-corrected chi connectivity index (χ0v) is 16.9. The highest BCUT2D eigenvalue weighted by Crippen LogP contribution is 2.32. The topological polar surface area (TPSA) is 92.8 Å². The molecule has 0 aliphatic rings. The predicted molar refractivity (Wildman–Crippen MR) is 103 cm³/mol. The van der Waals surface area contributed by atoms with Crippen LogP contribution in [0.5, 0.6) is 5.75 Å². The Morgan fingerprint density at radius 2 is 1.58 bits per heavy atom. The number of rotatable bonds is 6. The van der Waals surface area contributed by atoms with Crippen molar-refractivity contribution in [2.45, 2.75) is 18.7 Å². The van der Waals surface area contributed by atoms with Crippen LogP contribution in [-0.2, 0) is 20.0 Å². The van der Waals surface area contributed by atoms with Crippen LogP contribution in [-0.4, -0.2) is 37.2 Å². The van der Waals surface area contributed by atoms with E-state index in [2.05, 4.69) is 4.72 Å². The number of methoxy groups -OCH3 is 1. The van der Waals surface area contributed by atoms with Crippen LogP contribution in [0.4, 0.5) is 11.4 Å². The summed E-state index contributed by atoms with van der Waals surface area (Å²) in [6.07, 6.45) is 1.05. The third kappa shape index (κ3) is 4.10. The minimum absolute atomic E-state index is 0.0140. The number of hydrogen-bond donors (Lipinski definition) is 1. The third-order valence-electron chi connectivity index (χ3n) is 4.05. The summed E-state index contributed by atoms with van der Waals surface area (Å²) in [6, 6.07) is 9.46. The van der Waals surface area contributed by atoms with Gasteiger partial charge in [0.2, 0.25) is 10.0 Å². The molecule has 2 aromatic carbocycles. The van der Waals surface area contributed by atoms with Crippen molar-refractivity contribution in [2.24, 2.45) is 0 Å². The number of anilines is 2. The number of benzene rings is 2. The van der Waals surface area contributed by atoms with E-state index in [1.54, 1.807) is 25.1 Å². The number of sulfonamides is 2. The highest BCUT2D eigenvalue weighted by molar-refractivity contribution is 7.93. The largest absolute Gasteiger partial charge is 0.495 e. The normalized spacial score (nSPS) is 11.9.